The van der Waals surface area contributed by atoms with Crippen molar-refractivity contribution in [2.45, 2.75) is 40.2 Å². The number of rotatable bonds is 4. The van der Waals surface area contributed by atoms with Crippen LogP contribution in [-0.4, -0.2) is 17.9 Å². The number of carbonyl (C=O) groups is 2. The fraction of sp³-hybridized carbons (Fsp3) is 0.778. The highest BCUT2D eigenvalue weighted by molar-refractivity contribution is 6.33. The van der Waals surface area contributed by atoms with Crippen LogP contribution < -0.4 is 0 Å². The van der Waals surface area contributed by atoms with Gasteiger partial charge in [-0.1, -0.05) is 13.8 Å². The molecule has 3 heteroatoms. The van der Waals surface area contributed by atoms with Gasteiger partial charge in [-0.25, -0.2) is 4.79 Å². The maximum atomic E-state index is 11.3. The molecule has 3 nitrogen and oxygen atoms in total. The molecule has 0 unspecified atom stereocenters. The summed E-state index contributed by atoms with van der Waals surface area (Å²) < 4.78 is 19.4. The summed E-state index contributed by atoms with van der Waals surface area (Å²) >= 11 is 0. The molecule has 0 radical (unpaired) electrons. The van der Waals surface area contributed by atoms with Crippen molar-refractivity contribution in [3.8, 4) is 0 Å². The largest absolute Gasteiger partial charge is 0.457 e. The van der Waals surface area contributed by atoms with Crippen molar-refractivity contribution in [2.75, 3.05) is 0 Å². The van der Waals surface area contributed by atoms with E-state index in [0.717, 1.165) is 0 Å². The average molecular weight is 174 g/mol. The Morgan fingerprint density at radius 3 is 2.17 bits per heavy atom. The number of ether oxygens (including phenoxy) is 1. The Labute approximate surface area is 75.9 Å². The molecule has 0 atom stereocenters. The van der Waals surface area contributed by atoms with E-state index in [4.69, 9.17) is 2.74 Å². The molecule has 0 aromatic carbocycles. The quantitative estimate of drug-likeness (QED) is 0.479. The Kier molecular flexibility index (Phi) is 3.18. The summed E-state index contributed by atoms with van der Waals surface area (Å²) in [5, 5.41) is 0. The van der Waals surface area contributed by atoms with Crippen LogP contribution in [0.5, 0.6) is 0 Å². The normalized spacial score (nSPS) is 14.2. The van der Waals surface area contributed by atoms with E-state index in [1.54, 1.807) is 27.7 Å². The first-order valence-corrected chi connectivity index (χ1v) is 3.95. The standard InChI is InChI=1S/C9H16O3/c1-6(2)5-8(10)9(11)12-7(3)4/h6-7H,5H2,1-4H3/i5D2. The summed E-state index contributed by atoms with van der Waals surface area (Å²) in [6.07, 6.45) is -2.55. The van der Waals surface area contributed by atoms with Crippen molar-refractivity contribution < 1.29 is 17.1 Å². The molecule has 12 heavy (non-hydrogen) atoms. The van der Waals surface area contributed by atoms with Crippen LogP contribution >= 0.6 is 0 Å². The zero-order chi connectivity index (χ0) is 11.5. The van der Waals surface area contributed by atoms with Crippen molar-refractivity contribution in [2.24, 2.45) is 5.92 Å². The van der Waals surface area contributed by atoms with Gasteiger partial charge in [-0.15, -0.1) is 0 Å². The van der Waals surface area contributed by atoms with Gasteiger partial charge < -0.3 is 4.74 Å². The molecular weight excluding hydrogens is 156 g/mol. The lowest BCUT2D eigenvalue weighted by Crippen LogP contribution is -2.22. The molecule has 0 bridgehead atoms. The van der Waals surface area contributed by atoms with Gasteiger partial charge in [0.1, 0.15) is 0 Å². The van der Waals surface area contributed by atoms with Crippen LogP contribution in [0.25, 0.3) is 0 Å². The number of Topliss-reactive ketones (excluding diaryl/α,β-unsaturated/α-hetero) is 1. The predicted octanol–water partition coefficient (Wildman–Crippen LogP) is 1.55. The average Bonchev–Trinajstić information content (AvgIpc) is 2.01. The highest BCUT2D eigenvalue weighted by Gasteiger charge is 2.17. The Balaban J connectivity index is 4.54. The van der Waals surface area contributed by atoms with Gasteiger partial charge in [-0.3, -0.25) is 4.79 Å². The first-order valence-electron chi connectivity index (χ1n) is 4.95. The van der Waals surface area contributed by atoms with Crippen molar-refractivity contribution in [1.82, 2.24) is 0 Å². The van der Waals surface area contributed by atoms with Crippen LogP contribution in [0.2, 0.25) is 0 Å². The minimum atomic E-state index is -2.15. The van der Waals surface area contributed by atoms with Crippen molar-refractivity contribution in [3.63, 3.8) is 0 Å². The Hall–Kier alpha value is -0.860. The SMILES string of the molecule is [2H]C([2H])(C(=O)C(=O)OC(C)C)C(C)C. The van der Waals surface area contributed by atoms with E-state index in [1.165, 1.54) is 0 Å². The van der Waals surface area contributed by atoms with Gasteiger partial charge in [0.25, 0.3) is 0 Å². The van der Waals surface area contributed by atoms with Gasteiger partial charge in [0.15, 0.2) is 0 Å². The number of esters is 1. The summed E-state index contributed by atoms with van der Waals surface area (Å²) in [6.45, 7) is 6.30. The highest BCUT2D eigenvalue weighted by atomic mass is 16.5. The molecule has 0 rings (SSSR count). The third kappa shape index (κ3) is 4.88. The number of ketones is 1. The summed E-state index contributed by atoms with van der Waals surface area (Å²) in [4.78, 5) is 22.4. The molecule has 0 spiro atoms. The van der Waals surface area contributed by atoms with Gasteiger partial charge in [0.2, 0.25) is 5.78 Å². The molecule has 0 amide bonds. The molecule has 0 aliphatic rings. The maximum Gasteiger partial charge on any atom is 0.374 e. The Bertz CT molecular complexity index is 234. The van der Waals surface area contributed by atoms with Gasteiger partial charge >= 0.3 is 5.97 Å². The molecular formula is C9H16O3. The van der Waals surface area contributed by atoms with Crippen LogP contribution in [0.4, 0.5) is 0 Å². The predicted molar refractivity (Wildman–Crippen MR) is 45.7 cm³/mol. The third-order valence-corrected chi connectivity index (χ3v) is 0.948. The van der Waals surface area contributed by atoms with Crippen molar-refractivity contribution >= 4 is 11.8 Å². The van der Waals surface area contributed by atoms with E-state index >= 15 is 0 Å². The minimum absolute atomic E-state index is 0.408. The Morgan fingerprint density at radius 1 is 1.33 bits per heavy atom. The zero-order valence-electron chi connectivity index (χ0n) is 9.88. The topological polar surface area (TPSA) is 43.4 Å². The van der Waals surface area contributed by atoms with Gasteiger partial charge in [0.05, 0.1) is 6.10 Å². The summed E-state index contributed by atoms with van der Waals surface area (Å²) in [7, 11) is 0. The molecule has 0 saturated carbocycles. The third-order valence-electron chi connectivity index (χ3n) is 0.948. The number of hydrogen-bond donors (Lipinski definition) is 0. The molecule has 0 saturated heterocycles. The fourth-order valence-corrected chi connectivity index (χ4v) is 0.589. The molecule has 0 aromatic rings. The molecule has 70 valence electrons. The van der Waals surface area contributed by atoms with Gasteiger partial charge in [-0.2, -0.15) is 0 Å². The van der Waals surface area contributed by atoms with E-state index in [9.17, 15) is 9.59 Å². The van der Waals surface area contributed by atoms with Crippen molar-refractivity contribution in [1.29, 1.82) is 0 Å². The maximum absolute atomic E-state index is 11.3. The van der Waals surface area contributed by atoms with E-state index in [2.05, 4.69) is 4.74 Å². The lowest BCUT2D eigenvalue weighted by molar-refractivity contribution is -0.157. The van der Waals surface area contributed by atoms with Crippen LogP contribution in [-0.2, 0) is 14.3 Å². The second kappa shape index (κ2) is 4.91. The second-order valence-corrected chi connectivity index (χ2v) is 3.08. The zero-order valence-corrected chi connectivity index (χ0v) is 7.88. The van der Waals surface area contributed by atoms with Gasteiger partial charge in [-0.05, 0) is 19.8 Å². The lowest BCUT2D eigenvalue weighted by atomic mass is 10.1. The smallest absolute Gasteiger partial charge is 0.374 e. The molecule has 0 aliphatic carbocycles. The van der Waals surface area contributed by atoms with E-state index in [-0.39, 0.29) is 0 Å². The minimum Gasteiger partial charge on any atom is -0.457 e. The van der Waals surface area contributed by atoms with Gasteiger partial charge in [0, 0.05) is 9.11 Å². The molecule has 0 N–H and O–H groups in total. The molecule has 0 fully saturated rings. The first kappa shape index (κ1) is 7.77. The number of carbonyl (C=O) groups excluding carboxylic acids is 2. The van der Waals surface area contributed by atoms with Crippen molar-refractivity contribution in [3.05, 3.63) is 0 Å². The summed E-state index contributed by atoms with van der Waals surface area (Å²) in [5.41, 5.74) is 0. The van der Waals surface area contributed by atoms with E-state index < -0.39 is 30.1 Å². The van der Waals surface area contributed by atoms with E-state index in [1.807, 2.05) is 0 Å². The monoisotopic (exact) mass is 174 g/mol. The van der Waals surface area contributed by atoms with E-state index in [0.29, 0.717) is 0 Å². The highest BCUT2D eigenvalue weighted by Crippen LogP contribution is 2.02. The van der Waals surface area contributed by atoms with Crippen LogP contribution in [0.15, 0.2) is 0 Å². The summed E-state index contributed by atoms with van der Waals surface area (Å²) in [5.74, 6) is -2.75. The fourth-order valence-electron chi connectivity index (χ4n) is 0.589. The second-order valence-electron chi connectivity index (χ2n) is 3.08. The number of hydrogen-bond acceptors (Lipinski definition) is 3. The lowest BCUT2D eigenvalue weighted by Gasteiger charge is -2.07. The molecule has 0 heterocycles. The Morgan fingerprint density at radius 2 is 1.83 bits per heavy atom. The van der Waals surface area contributed by atoms with Crippen LogP contribution in [0.3, 0.4) is 0 Å². The molecule has 0 aliphatic heterocycles. The first-order chi connectivity index (χ1) is 6.19. The molecule has 0 aromatic heterocycles. The van der Waals surface area contributed by atoms with Crippen LogP contribution in [0.1, 0.15) is 36.8 Å². The van der Waals surface area contributed by atoms with Crippen LogP contribution in [0, 0.1) is 5.92 Å². The summed E-state index contributed by atoms with van der Waals surface area (Å²) in [6, 6.07) is 0.